The van der Waals surface area contributed by atoms with Crippen molar-refractivity contribution in [3.8, 4) is 11.8 Å². The highest BCUT2D eigenvalue weighted by molar-refractivity contribution is 5.72. The standard InChI is InChI=1S/C18H18F2N2O3/c1-3-16(23)25-17-12(6-11-4-5-13(19)8-14(11)20)7-15-18(22-17)24-9-10(2)21-15/h4-5,7-8,10,21H,3,6,9H2,1-2H3/t10-/m0/s1. The Kier molecular flexibility index (Phi) is 4.83. The van der Waals surface area contributed by atoms with Gasteiger partial charge in [-0.3, -0.25) is 4.79 Å². The van der Waals surface area contributed by atoms with E-state index in [1.165, 1.54) is 12.1 Å². The molecular weight excluding hydrogens is 330 g/mol. The number of hydrogen-bond acceptors (Lipinski definition) is 5. The number of aromatic nitrogens is 1. The smallest absolute Gasteiger partial charge is 0.312 e. The summed E-state index contributed by atoms with van der Waals surface area (Å²) < 4.78 is 37.9. The second-order valence-corrected chi connectivity index (χ2v) is 5.90. The molecule has 3 rings (SSSR count). The summed E-state index contributed by atoms with van der Waals surface area (Å²) in [5.74, 6) is -1.36. The van der Waals surface area contributed by atoms with E-state index in [1.807, 2.05) is 6.92 Å². The molecule has 7 heteroatoms. The summed E-state index contributed by atoms with van der Waals surface area (Å²) in [5, 5.41) is 3.22. The van der Waals surface area contributed by atoms with Crippen molar-refractivity contribution in [2.24, 2.45) is 0 Å². The molecule has 0 amide bonds. The van der Waals surface area contributed by atoms with Crippen molar-refractivity contribution in [3.05, 3.63) is 47.0 Å². The lowest BCUT2D eigenvalue weighted by Gasteiger charge is -2.25. The zero-order valence-corrected chi connectivity index (χ0v) is 13.9. The second-order valence-electron chi connectivity index (χ2n) is 5.90. The Hall–Kier alpha value is -2.70. The van der Waals surface area contributed by atoms with E-state index in [4.69, 9.17) is 9.47 Å². The fourth-order valence-corrected chi connectivity index (χ4v) is 2.51. The number of pyridine rings is 1. The molecule has 1 aliphatic rings. The molecule has 132 valence electrons. The third kappa shape index (κ3) is 3.87. The number of ether oxygens (including phenoxy) is 2. The number of fused-ring (bicyclic) bond motifs is 1. The van der Waals surface area contributed by atoms with Gasteiger partial charge in [0.15, 0.2) is 0 Å². The predicted molar refractivity (Wildman–Crippen MR) is 87.9 cm³/mol. The molecule has 0 saturated heterocycles. The van der Waals surface area contributed by atoms with Gasteiger partial charge in [0, 0.05) is 24.5 Å². The first-order chi connectivity index (χ1) is 12.0. The molecule has 0 aliphatic carbocycles. The number of rotatable bonds is 4. The maximum Gasteiger partial charge on any atom is 0.312 e. The molecule has 1 atom stereocenters. The monoisotopic (exact) mass is 348 g/mol. The predicted octanol–water partition coefficient (Wildman–Crippen LogP) is 3.46. The molecule has 0 unspecified atom stereocenters. The van der Waals surface area contributed by atoms with E-state index in [2.05, 4.69) is 10.3 Å². The number of esters is 1. The second kappa shape index (κ2) is 7.04. The van der Waals surface area contributed by atoms with Gasteiger partial charge in [-0.05, 0) is 24.6 Å². The van der Waals surface area contributed by atoms with E-state index in [9.17, 15) is 13.6 Å². The Balaban J connectivity index is 1.99. The minimum atomic E-state index is -0.664. The third-order valence-electron chi connectivity index (χ3n) is 3.79. The highest BCUT2D eigenvalue weighted by Crippen LogP contribution is 2.34. The summed E-state index contributed by atoms with van der Waals surface area (Å²) in [5.41, 5.74) is 1.44. The van der Waals surface area contributed by atoms with Gasteiger partial charge >= 0.3 is 5.97 Å². The molecular formula is C18H18F2N2O3. The molecule has 1 N–H and O–H groups in total. The zero-order chi connectivity index (χ0) is 18.0. The van der Waals surface area contributed by atoms with Crippen LogP contribution in [0.5, 0.6) is 11.8 Å². The van der Waals surface area contributed by atoms with Gasteiger partial charge in [0.1, 0.15) is 18.2 Å². The lowest BCUT2D eigenvalue weighted by Crippen LogP contribution is -2.29. The minimum Gasteiger partial charge on any atom is -0.474 e. The summed E-state index contributed by atoms with van der Waals surface area (Å²) in [6, 6.07) is 5.18. The number of halogens is 2. The summed E-state index contributed by atoms with van der Waals surface area (Å²) in [6.07, 6.45) is 0.286. The highest BCUT2D eigenvalue weighted by atomic mass is 19.1. The fraction of sp³-hybridized carbons (Fsp3) is 0.333. The molecule has 0 bridgehead atoms. The molecule has 2 aromatic rings. The van der Waals surface area contributed by atoms with Gasteiger partial charge in [0.2, 0.25) is 11.8 Å². The van der Waals surface area contributed by atoms with E-state index in [0.717, 1.165) is 6.07 Å². The number of nitrogens with zero attached hydrogens (tertiary/aromatic N) is 1. The van der Waals surface area contributed by atoms with Crippen molar-refractivity contribution in [3.63, 3.8) is 0 Å². The normalized spacial score (nSPS) is 15.8. The average molecular weight is 348 g/mol. The van der Waals surface area contributed by atoms with Crippen LogP contribution < -0.4 is 14.8 Å². The Bertz CT molecular complexity index is 811. The Morgan fingerprint density at radius 3 is 2.88 bits per heavy atom. The van der Waals surface area contributed by atoms with Gasteiger partial charge in [-0.2, -0.15) is 4.98 Å². The quantitative estimate of drug-likeness (QED) is 0.858. The van der Waals surface area contributed by atoms with Crippen molar-refractivity contribution in [2.45, 2.75) is 32.7 Å². The number of carbonyl (C=O) groups is 1. The largest absolute Gasteiger partial charge is 0.474 e. The van der Waals surface area contributed by atoms with Crippen molar-refractivity contribution in [1.82, 2.24) is 4.98 Å². The van der Waals surface area contributed by atoms with Gasteiger partial charge in [-0.25, -0.2) is 8.78 Å². The van der Waals surface area contributed by atoms with Crippen LogP contribution in [0.1, 0.15) is 31.4 Å². The van der Waals surface area contributed by atoms with Crippen molar-refractivity contribution in [2.75, 3.05) is 11.9 Å². The average Bonchev–Trinajstić information content (AvgIpc) is 2.57. The van der Waals surface area contributed by atoms with Gasteiger partial charge in [-0.1, -0.05) is 13.0 Å². The van der Waals surface area contributed by atoms with Crippen LogP contribution in [0.2, 0.25) is 0 Å². The Morgan fingerprint density at radius 1 is 1.36 bits per heavy atom. The van der Waals surface area contributed by atoms with Gasteiger partial charge < -0.3 is 14.8 Å². The zero-order valence-electron chi connectivity index (χ0n) is 13.9. The topological polar surface area (TPSA) is 60.5 Å². The molecule has 0 fully saturated rings. The molecule has 1 aromatic heterocycles. The lowest BCUT2D eigenvalue weighted by molar-refractivity contribution is -0.134. The van der Waals surface area contributed by atoms with Crippen LogP contribution in [0.3, 0.4) is 0 Å². The fourth-order valence-electron chi connectivity index (χ4n) is 2.51. The summed E-state index contributed by atoms with van der Waals surface area (Å²) in [4.78, 5) is 15.9. The minimum absolute atomic E-state index is 0.0747. The molecule has 0 radical (unpaired) electrons. The highest BCUT2D eigenvalue weighted by Gasteiger charge is 2.22. The Labute approximate surface area is 144 Å². The van der Waals surface area contributed by atoms with Crippen LogP contribution >= 0.6 is 0 Å². The van der Waals surface area contributed by atoms with Gasteiger partial charge in [0.25, 0.3) is 0 Å². The van der Waals surface area contributed by atoms with Crippen LogP contribution in [0.4, 0.5) is 14.5 Å². The lowest BCUT2D eigenvalue weighted by atomic mass is 10.0. The van der Waals surface area contributed by atoms with Crippen LogP contribution in [-0.2, 0) is 11.2 Å². The van der Waals surface area contributed by atoms with Crippen molar-refractivity contribution >= 4 is 11.7 Å². The third-order valence-corrected chi connectivity index (χ3v) is 3.79. The van der Waals surface area contributed by atoms with E-state index >= 15 is 0 Å². The molecule has 2 heterocycles. The molecule has 1 aliphatic heterocycles. The summed E-state index contributed by atoms with van der Waals surface area (Å²) in [6.45, 7) is 4.06. The van der Waals surface area contributed by atoms with Gasteiger partial charge in [0.05, 0.1) is 11.7 Å². The maximum absolute atomic E-state index is 14.0. The van der Waals surface area contributed by atoms with E-state index < -0.39 is 17.6 Å². The van der Waals surface area contributed by atoms with E-state index in [-0.39, 0.29) is 30.3 Å². The first-order valence-electron chi connectivity index (χ1n) is 8.04. The maximum atomic E-state index is 14.0. The van der Waals surface area contributed by atoms with Gasteiger partial charge in [-0.15, -0.1) is 0 Å². The number of benzene rings is 1. The molecule has 25 heavy (non-hydrogen) atoms. The number of carbonyl (C=O) groups excluding carboxylic acids is 1. The first kappa shape index (κ1) is 17.1. The summed E-state index contributed by atoms with van der Waals surface area (Å²) in [7, 11) is 0. The van der Waals surface area contributed by atoms with Crippen molar-refractivity contribution < 1.29 is 23.0 Å². The van der Waals surface area contributed by atoms with Crippen molar-refractivity contribution in [1.29, 1.82) is 0 Å². The van der Waals surface area contributed by atoms with Crippen LogP contribution in [0.15, 0.2) is 24.3 Å². The van der Waals surface area contributed by atoms with Crippen LogP contribution in [-0.4, -0.2) is 23.6 Å². The number of nitrogens with one attached hydrogen (secondary N) is 1. The SMILES string of the molecule is CCC(=O)Oc1nc2c(cc1Cc1ccc(F)cc1F)N[C@@H](C)CO2. The molecule has 0 spiro atoms. The van der Waals surface area contributed by atoms with Crippen LogP contribution in [0, 0.1) is 11.6 Å². The molecule has 1 aromatic carbocycles. The molecule has 0 saturated carbocycles. The van der Waals surface area contributed by atoms with E-state index in [0.29, 0.717) is 23.7 Å². The summed E-state index contributed by atoms with van der Waals surface area (Å²) >= 11 is 0. The Morgan fingerprint density at radius 2 is 2.16 bits per heavy atom. The molecule has 5 nitrogen and oxygen atoms in total. The first-order valence-corrected chi connectivity index (χ1v) is 8.04. The van der Waals surface area contributed by atoms with E-state index in [1.54, 1.807) is 13.0 Å². The number of anilines is 1. The number of hydrogen-bond donors (Lipinski definition) is 1. The van der Waals surface area contributed by atoms with Crippen LogP contribution in [0.25, 0.3) is 0 Å².